The van der Waals surface area contributed by atoms with E-state index < -0.39 is 11.6 Å². The normalized spacial score (nSPS) is 17.0. The molecule has 24 heavy (non-hydrogen) atoms. The van der Waals surface area contributed by atoms with Gasteiger partial charge in [0, 0.05) is 31.3 Å². The van der Waals surface area contributed by atoms with Crippen LogP contribution in [0.3, 0.4) is 0 Å². The number of aliphatic hydroxyl groups is 1. The molecule has 2 aromatic rings. The Bertz CT molecular complexity index is 765. The van der Waals surface area contributed by atoms with Gasteiger partial charge in [-0.25, -0.2) is 9.78 Å². The number of thiophene rings is 1. The monoisotopic (exact) mass is 386 g/mol. The lowest BCUT2D eigenvalue weighted by Gasteiger charge is -2.35. The second kappa shape index (κ2) is 6.79. The molecule has 2 aromatic heterocycles. The van der Waals surface area contributed by atoms with E-state index in [0.29, 0.717) is 10.0 Å². The number of aliphatic carboxylic acids is 1. The van der Waals surface area contributed by atoms with Crippen molar-refractivity contribution < 1.29 is 19.8 Å². The maximum Gasteiger partial charge on any atom is 0.335 e. The highest BCUT2D eigenvalue weighted by Crippen LogP contribution is 2.33. The molecule has 6 nitrogen and oxygen atoms in total. The second-order valence-electron chi connectivity index (χ2n) is 5.64. The van der Waals surface area contributed by atoms with Gasteiger partial charge in [-0.05, 0) is 12.1 Å². The molecular formula is C15H15ClN2O4S2. The summed E-state index contributed by atoms with van der Waals surface area (Å²) in [6.07, 6.45) is 0.259. The SMILES string of the molecule is O=C(Cc1csc(-c2ccc(Cl)s2)n1)N1CCC(O)(C(=O)O)CC1. The minimum atomic E-state index is -1.72. The molecule has 0 bridgehead atoms. The number of aromatic nitrogens is 1. The summed E-state index contributed by atoms with van der Waals surface area (Å²) in [7, 11) is 0. The van der Waals surface area contributed by atoms with Crippen LogP contribution in [0.4, 0.5) is 0 Å². The fraction of sp³-hybridized carbons (Fsp3) is 0.400. The molecule has 2 N–H and O–H groups in total. The summed E-state index contributed by atoms with van der Waals surface area (Å²) in [5.41, 5.74) is -1.04. The molecular weight excluding hydrogens is 372 g/mol. The number of rotatable bonds is 4. The van der Waals surface area contributed by atoms with Crippen LogP contribution < -0.4 is 0 Å². The Balaban J connectivity index is 1.60. The molecule has 0 aromatic carbocycles. The molecule has 1 fully saturated rings. The molecule has 1 aliphatic rings. The van der Waals surface area contributed by atoms with Gasteiger partial charge in [0.1, 0.15) is 5.01 Å². The molecule has 1 amide bonds. The van der Waals surface area contributed by atoms with Gasteiger partial charge in [0.05, 0.1) is 21.3 Å². The van der Waals surface area contributed by atoms with Crippen molar-refractivity contribution >= 4 is 46.2 Å². The average molecular weight is 387 g/mol. The van der Waals surface area contributed by atoms with E-state index in [1.54, 1.807) is 4.90 Å². The molecule has 0 atom stereocenters. The Labute approximate surface area is 151 Å². The van der Waals surface area contributed by atoms with Crippen LogP contribution in [0.15, 0.2) is 17.5 Å². The number of halogens is 1. The molecule has 3 rings (SSSR count). The highest BCUT2D eigenvalue weighted by molar-refractivity contribution is 7.23. The van der Waals surface area contributed by atoms with Crippen LogP contribution in [0.5, 0.6) is 0 Å². The van der Waals surface area contributed by atoms with Gasteiger partial charge in [0.15, 0.2) is 5.60 Å². The molecule has 0 radical (unpaired) electrons. The summed E-state index contributed by atoms with van der Waals surface area (Å²) in [6.45, 7) is 0.471. The van der Waals surface area contributed by atoms with Crippen molar-refractivity contribution in [3.63, 3.8) is 0 Å². The second-order valence-corrected chi connectivity index (χ2v) is 8.22. The number of carboxylic acids is 1. The van der Waals surface area contributed by atoms with E-state index in [0.717, 1.165) is 9.88 Å². The number of carbonyl (C=O) groups excluding carboxylic acids is 1. The van der Waals surface area contributed by atoms with Crippen LogP contribution >= 0.6 is 34.3 Å². The van der Waals surface area contributed by atoms with Crippen molar-refractivity contribution in [1.29, 1.82) is 0 Å². The zero-order chi connectivity index (χ0) is 17.3. The molecule has 0 spiro atoms. The van der Waals surface area contributed by atoms with Crippen LogP contribution in [0.1, 0.15) is 18.5 Å². The van der Waals surface area contributed by atoms with E-state index >= 15 is 0 Å². The number of likely N-dealkylation sites (tertiary alicyclic amines) is 1. The summed E-state index contributed by atoms with van der Waals surface area (Å²) >= 11 is 8.82. The average Bonchev–Trinajstić information content (AvgIpc) is 3.16. The van der Waals surface area contributed by atoms with Gasteiger partial charge in [0.2, 0.25) is 5.91 Å². The predicted molar refractivity (Wildman–Crippen MR) is 92.5 cm³/mol. The summed E-state index contributed by atoms with van der Waals surface area (Å²) < 4.78 is 0.692. The molecule has 0 aliphatic carbocycles. The number of hydrogen-bond donors (Lipinski definition) is 2. The van der Waals surface area contributed by atoms with Crippen LogP contribution in [0.2, 0.25) is 4.34 Å². The lowest BCUT2D eigenvalue weighted by atomic mass is 9.91. The third-order valence-corrected chi connectivity index (χ3v) is 6.30. The van der Waals surface area contributed by atoms with Crippen LogP contribution in [0.25, 0.3) is 9.88 Å². The summed E-state index contributed by atoms with van der Waals surface area (Å²) in [5, 5.41) is 21.6. The number of carbonyl (C=O) groups is 2. The minimum absolute atomic E-state index is 0.0457. The van der Waals surface area contributed by atoms with Gasteiger partial charge in [-0.1, -0.05) is 11.6 Å². The number of carboxylic acid groups (broad SMARTS) is 1. The molecule has 0 unspecified atom stereocenters. The zero-order valence-corrected chi connectivity index (χ0v) is 15.0. The fourth-order valence-electron chi connectivity index (χ4n) is 2.54. The molecule has 0 saturated carbocycles. The largest absolute Gasteiger partial charge is 0.479 e. The molecule has 1 saturated heterocycles. The van der Waals surface area contributed by atoms with Crippen LogP contribution in [-0.4, -0.2) is 50.7 Å². The number of thiazole rings is 1. The standard InChI is InChI=1S/C15H15ClN2O4S2/c16-11-2-1-10(24-11)13-17-9(8-23-13)7-12(19)18-5-3-15(22,4-6-18)14(20)21/h1-2,8,22H,3-7H2,(H,20,21). The Morgan fingerprint density at radius 1 is 1.33 bits per heavy atom. The summed E-state index contributed by atoms with van der Waals surface area (Å²) in [5.74, 6) is -1.34. The van der Waals surface area contributed by atoms with E-state index in [-0.39, 0.29) is 38.3 Å². The van der Waals surface area contributed by atoms with Crippen LogP contribution in [0, 0.1) is 0 Å². The smallest absolute Gasteiger partial charge is 0.335 e. The van der Waals surface area contributed by atoms with E-state index in [1.807, 2.05) is 17.5 Å². The van der Waals surface area contributed by atoms with Gasteiger partial charge in [-0.15, -0.1) is 22.7 Å². The number of amides is 1. The van der Waals surface area contributed by atoms with E-state index in [2.05, 4.69) is 4.98 Å². The molecule has 1 aliphatic heterocycles. The van der Waals surface area contributed by atoms with Gasteiger partial charge in [-0.2, -0.15) is 0 Å². The third kappa shape index (κ3) is 3.61. The van der Waals surface area contributed by atoms with Gasteiger partial charge < -0.3 is 15.1 Å². The summed E-state index contributed by atoms with van der Waals surface area (Å²) in [4.78, 5) is 30.4. The minimum Gasteiger partial charge on any atom is -0.479 e. The van der Waals surface area contributed by atoms with E-state index in [9.17, 15) is 14.7 Å². The Kier molecular flexibility index (Phi) is 4.91. The molecule has 9 heteroatoms. The first kappa shape index (κ1) is 17.3. The van der Waals surface area contributed by atoms with E-state index in [4.69, 9.17) is 16.7 Å². The van der Waals surface area contributed by atoms with Gasteiger partial charge in [0.25, 0.3) is 0 Å². The number of nitrogens with zero attached hydrogens (tertiary/aromatic N) is 2. The zero-order valence-electron chi connectivity index (χ0n) is 12.6. The third-order valence-electron chi connectivity index (χ3n) is 4.01. The van der Waals surface area contributed by atoms with Crippen molar-refractivity contribution in [3.05, 3.63) is 27.5 Å². The lowest BCUT2D eigenvalue weighted by Crippen LogP contribution is -2.51. The van der Waals surface area contributed by atoms with Crippen molar-refractivity contribution in [2.45, 2.75) is 24.9 Å². The molecule has 3 heterocycles. The Morgan fingerprint density at radius 3 is 2.62 bits per heavy atom. The van der Waals surface area contributed by atoms with Crippen molar-refractivity contribution in [2.24, 2.45) is 0 Å². The maximum absolute atomic E-state index is 12.3. The maximum atomic E-state index is 12.3. The highest BCUT2D eigenvalue weighted by Gasteiger charge is 2.40. The van der Waals surface area contributed by atoms with Gasteiger partial charge >= 0.3 is 5.97 Å². The first-order valence-electron chi connectivity index (χ1n) is 7.31. The fourth-order valence-corrected chi connectivity index (χ4v) is 4.47. The predicted octanol–water partition coefficient (Wildman–Crippen LogP) is 2.51. The summed E-state index contributed by atoms with van der Waals surface area (Å²) in [6, 6.07) is 3.71. The topological polar surface area (TPSA) is 90.7 Å². The first-order valence-corrected chi connectivity index (χ1v) is 9.38. The van der Waals surface area contributed by atoms with Crippen molar-refractivity contribution in [1.82, 2.24) is 9.88 Å². The Hall–Kier alpha value is -1.48. The molecule has 128 valence electrons. The van der Waals surface area contributed by atoms with E-state index in [1.165, 1.54) is 22.7 Å². The first-order chi connectivity index (χ1) is 11.4. The number of piperidine rings is 1. The lowest BCUT2D eigenvalue weighted by molar-refractivity contribution is -0.165. The highest BCUT2D eigenvalue weighted by atomic mass is 35.5. The number of hydrogen-bond acceptors (Lipinski definition) is 6. The van der Waals surface area contributed by atoms with Crippen molar-refractivity contribution in [3.8, 4) is 9.88 Å². The van der Waals surface area contributed by atoms with Gasteiger partial charge in [-0.3, -0.25) is 4.79 Å². The quantitative estimate of drug-likeness (QED) is 0.842. The van der Waals surface area contributed by atoms with Crippen LogP contribution in [-0.2, 0) is 16.0 Å². The Morgan fingerprint density at radius 2 is 2.04 bits per heavy atom. The van der Waals surface area contributed by atoms with Crippen molar-refractivity contribution in [2.75, 3.05) is 13.1 Å².